The van der Waals surface area contributed by atoms with Gasteiger partial charge >= 0.3 is 0 Å². The molecule has 2 unspecified atom stereocenters. The van der Waals surface area contributed by atoms with Crippen LogP contribution in [0.1, 0.15) is 12.1 Å². The highest BCUT2D eigenvalue weighted by molar-refractivity contribution is 8.19. The number of nitrogens with one attached hydrogen (secondary N) is 1. The minimum Gasteiger partial charge on any atom is -0.382 e. The van der Waals surface area contributed by atoms with Gasteiger partial charge in [-0.15, -0.1) is 11.8 Å². The number of fused-ring (bicyclic) bond motifs is 1. The number of methoxy groups -OCH3 is 1. The Bertz CT molecular complexity index is 632. The number of hydrogen-bond donors (Lipinski definition) is 1. The number of nitrogens with zero attached hydrogens (tertiary/aromatic N) is 2. The molecule has 106 valence electrons. The van der Waals surface area contributed by atoms with Crippen LogP contribution in [0.2, 0.25) is 0 Å². The first-order chi connectivity index (χ1) is 9.76. The Kier molecular flexibility index (Phi) is 3.91. The van der Waals surface area contributed by atoms with Gasteiger partial charge in [0.15, 0.2) is 0 Å². The highest BCUT2D eigenvalue weighted by Gasteiger charge is 2.34. The number of aliphatic imine (C=N–C) groups is 1. The van der Waals surface area contributed by atoms with Crippen LogP contribution in [0.15, 0.2) is 32.6 Å². The van der Waals surface area contributed by atoms with E-state index in [1.807, 2.05) is 18.5 Å². The Morgan fingerprint density at radius 3 is 3.10 bits per heavy atom. The lowest BCUT2D eigenvalue weighted by atomic mass is 9.96. The number of rotatable bonds is 4. The van der Waals surface area contributed by atoms with Gasteiger partial charge in [0.1, 0.15) is 0 Å². The number of aromatic nitrogens is 2. The van der Waals surface area contributed by atoms with Crippen molar-refractivity contribution < 1.29 is 8.95 Å². The minimum absolute atomic E-state index is 0.0925. The first-order valence-electron chi connectivity index (χ1n) is 6.21. The van der Waals surface area contributed by atoms with Crippen molar-refractivity contribution in [3.63, 3.8) is 0 Å². The molecule has 1 aromatic heterocycles. The third-order valence-corrected chi connectivity index (χ3v) is 6.26. The fraction of sp³-hybridized carbons (Fsp3) is 0.385. The van der Waals surface area contributed by atoms with E-state index < -0.39 is 10.8 Å². The summed E-state index contributed by atoms with van der Waals surface area (Å²) in [5.41, 5.74) is 2.94. The normalized spacial score (nSPS) is 25.5. The summed E-state index contributed by atoms with van der Waals surface area (Å²) in [6, 6.07) is 1.95. The standard InChI is InChI=1S/C13H15N3O2S2/c1-18-7-8-5-9-10(6-14-8)13(19-2)20(17)12(9)11-3-4-15-16-11/h3-4,6,8H,5,7H2,1-2H3,(H,15,16). The molecule has 3 heterocycles. The van der Waals surface area contributed by atoms with Gasteiger partial charge in [-0.05, 0) is 24.3 Å². The Morgan fingerprint density at radius 1 is 1.60 bits per heavy atom. The fourth-order valence-electron chi connectivity index (χ4n) is 2.48. The van der Waals surface area contributed by atoms with Crippen LogP contribution in [0.3, 0.4) is 0 Å². The van der Waals surface area contributed by atoms with E-state index in [2.05, 4.69) is 15.2 Å². The number of thioether (sulfide) groups is 1. The summed E-state index contributed by atoms with van der Waals surface area (Å²) in [5, 5.41) is 6.89. The maximum atomic E-state index is 12.7. The molecule has 0 saturated heterocycles. The Labute approximate surface area is 124 Å². The molecule has 1 aromatic rings. The summed E-state index contributed by atoms with van der Waals surface area (Å²) in [6.07, 6.45) is 6.22. The van der Waals surface area contributed by atoms with Crippen molar-refractivity contribution in [2.45, 2.75) is 12.5 Å². The van der Waals surface area contributed by atoms with Crippen LogP contribution in [0.4, 0.5) is 0 Å². The molecule has 20 heavy (non-hydrogen) atoms. The molecular formula is C13H15N3O2S2. The second-order valence-electron chi connectivity index (χ2n) is 4.54. The second kappa shape index (κ2) is 5.67. The molecule has 1 N–H and O–H groups in total. The van der Waals surface area contributed by atoms with Crippen LogP contribution >= 0.6 is 11.8 Å². The summed E-state index contributed by atoms with van der Waals surface area (Å²) >= 11 is 1.52. The third kappa shape index (κ3) is 2.19. The van der Waals surface area contributed by atoms with E-state index in [1.54, 1.807) is 13.3 Å². The first-order valence-corrected chi connectivity index (χ1v) is 8.59. The number of H-pyrrole nitrogens is 1. The van der Waals surface area contributed by atoms with Crippen LogP contribution in [0.25, 0.3) is 4.91 Å². The first kappa shape index (κ1) is 13.8. The topological polar surface area (TPSA) is 67.3 Å². The molecule has 2 atom stereocenters. The summed E-state index contributed by atoms with van der Waals surface area (Å²) in [7, 11) is 0.524. The number of ether oxygens (including phenoxy) is 1. The van der Waals surface area contributed by atoms with Gasteiger partial charge in [0.25, 0.3) is 0 Å². The number of aromatic amines is 1. The molecule has 0 fully saturated rings. The molecule has 0 radical (unpaired) electrons. The van der Waals surface area contributed by atoms with E-state index in [-0.39, 0.29) is 6.04 Å². The molecule has 2 aliphatic rings. The van der Waals surface area contributed by atoms with Gasteiger partial charge in [0.05, 0.1) is 38.3 Å². The van der Waals surface area contributed by atoms with Gasteiger partial charge < -0.3 is 4.74 Å². The molecular weight excluding hydrogens is 294 g/mol. The fourth-order valence-corrected chi connectivity index (χ4v) is 5.02. The minimum atomic E-state index is -1.15. The maximum Gasteiger partial charge on any atom is 0.0946 e. The average Bonchev–Trinajstić information content (AvgIpc) is 3.04. The third-order valence-electron chi connectivity index (χ3n) is 3.32. The zero-order chi connectivity index (χ0) is 14.1. The molecule has 0 spiro atoms. The van der Waals surface area contributed by atoms with E-state index in [9.17, 15) is 4.21 Å². The van der Waals surface area contributed by atoms with Gasteiger partial charge in [-0.2, -0.15) is 5.10 Å². The lowest BCUT2D eigenvalue weighted by Gasteiger charge is -2.19. The van der Waals surface area contributed by atoms with Gasteiger partial charge in [-0.3, -0.25) is 10.1 Å². The summed E-state index contributed by atoms with van der Waals surface area (Å²) in [4.78, 5) is 5.34. The van der Waals surface area contributed by atoms with Crippen LogP contribution < -0.4 is 0 Å². The van der Waals surface area contributed by atoms with Crippen molar-refractivity contribution in [2.75, 3.05) is 20.0 Å². The van der Waals surface area contributed by atoms with Crippen molar-refractivity contribution in [3.05, 3.63) is 33.3 Å². The van der Waals surface area contributed by atoms with Gasteiger partial charge in [0.2, 0.25) is 0 Å². The van der Waals surface area contributed by atoms with Gasteiger partial charge in [0, 0.05) is 25.1 Å². The maximum absolute atomic E-state index is 12.7. The molecule has 0 aliphatic carbocycles. The largest absolute Gasteiger partial charge is 0.382 e. The van der Waals surface area contributed by atoms with Crippen molar-refractivity contribution in [2.24, 2.45) is 4.99 Å². The predicted molar refractivity (Wildman–Crippen MR) is 83.0 cm³/mol. The Hall–Kier alpha value is -1.18. The zero-order valence-corrected chi connectivity index (χ0v) is 12.9. The molecule has 5 nitrogen and oxygen atoms in total. The molecule has 2 aliphatic heterocycles. The van der Waals surface area contributed by atoms with E-state index in [0.717, 1.165) is 32.4 Å². The Morgan fingerprint density at radius 2 is 2.45 bits per heavy atom. The predicted octanol–water partition coefficient (Wildman–Crippen LogP) is 1.95. The summed E-state index contributed by atoms with van der Waals surface area (Å²) in [5.74, 6) is 0. The average molecular weight is 309 g/mol. The molecule has 0 bridgehead atoms. The highest BCUT2D eigenvalue weighted by atomic mass is 32.2. The van der Waals surface area contributed by atoms with Crippen molar-refractivity contribution in [1.82, 2.24) is 10.2 Å². The summed E-state index contributed by atoms with van der Waals surface area (Å²) in [6.45, 7) is 0.574. The molecule has 0 aromatic carbocycles. The molecule has 7 heteroatoms. The van der Waals surface area contributed by atoms with Crippen LogP contribution in [0, 0.1) is 0 Å². The van der Waals surface area contributed by atoms with Crippen molar-refractivity contribution in [1.29, 1.82) is 0 Å². The van der Waals surface area contributed by atoms with E-state index in [0.29, 0.717) is 6.61 Å². The molecule has 0 saturated carbocycles. The monoisotopic (exact) mass is 309 g/mol. The van der Waals surface area contributed by atoms with Crippen LogP contribution in [-0.2, 0) is 15.5 Å². The van der Waals surface area contributed by atoms with Crippen LogP contribution in [-0.4, -0.2) is 46.6 Å². The number of hydrogen-bond acceptors (Lipinski definition) is 5. The van der Waals surface area contributed by atoms with Gasteiger partial charge in [-0.25, -0.2) is 4.21 Å². The zero-order valence-electron chi connectivity index (χ0n) is 11.3. The Balaban J connectivity index is 2.08. The smallest absolute Gasteiger partial charge is 0.0946 e. The highest BCUT2D eigenvalue weighted by Crippen LogP contribution is 2.44. The van der Waals surface area contributed by atoms with E-state index in [4.69, 9.17) is 4.74 Å². The van der Waals surface area contributed by atoms with E-state index >= 15 is 0 Å². The summed E-state index contributed by atoms with van der Waals surface area (Å²) < 4.78 is 18.8. The second-order valence-corrected chi connectivity index (χ2v) is 6.97. The quantitative estimate of drug-likeness (QED) is 0.923. The SMILES string of the molecule is COCC1CC2=C(c3ccn[nH]3)S(=O)C(SC)=C2C=N1. The molecule has 3 rings (SSSR count). The van der Waals surface area contributed by atoms with Gasteiger partial charge in [-0.1, -0.05) is 0 Å². The van der Waals surface area contributed by atoms with Crippen molar-refractivity contribution in [3.8, 4) is 0 Å². The van der Waals surface area contributed by atoms with Crippen LogP contribution in [0.5, 0.6) is 0 Å². The number of allylic oxidation sites excluding steroid dienone is 1. The molecule has 0 amide bonds. The van der Waals surface area contributed by atoms with Crippen molar-refractivity contribution >= 4 is 33.7 Å². The lowest BCUT2D eigenvalue weighted by molar-refractivity contribution is 0.180. The van der Waals surface area contributed by atoms with E-state index in [1.165, 1.54) is 11.8 Å². The lowest BCUT2D eigenvalue weighted by Crippen LogP contribution is -2.18.